The summed E-state index contributed by atoms with van der Waals surface area (Å²) >= 11 is 0. The van der Waals surface area contributed by atoms with Crippen LogP contribution in [0.2, 0.25) is 0 Å². The smallest absolute Gasteiger partial charge is 0.272 e. The Bertz CT molecular complexity index is 994. The highest BCUT2D eigenvalue weighted by molar-refractivity contribution is 5.91. The van der Waals surface area contributed by atoms with Crippen molar-refractivity contribution < 1.29 is 19.5 Å². The Kier molecular flexibility index (Phi) is 6.81. The first-order valence-corrected chi connectivity index (χ1v) is 10.1. The van der Waals surface area contributed by atoms with E-state index < -0.39 is 17.9 Å². The normalized spacial score (nSPS) is 19.8. The Labute approximate surface area is 173 Å². The molecule has 30 heavy (non-hydrogen) atoms. The number of hydrogen-bond donors (Lipinski definition) is 3. The number of aromatic nitrogens is 2. The number of nitrogens with one attached hydrogen (secondary N) is 3. The van der Waals surface area contributed by atoms with Crippen molar-refractivity contribution in [1.82, 2.24) is 20.8 Å². The van der Waals surface area contributed by atoms with Gasteiger partial charge in [0, 0.05) is 17.9 Å². The average molecular weight is 413 g/mol. The van der Waals surface area contributed by atoms with E-state index in [1.165, 1.54) is 0 Å². The summed E-state index contributed by atoms with van der Waals surface area (Å²) in [6, 6.07) is 6.16. The summed E-state index contributed by atoms with van der Waals surface area (Å²) in [5.41, 5.74) is 0.108. The number of H-pyrrole nitrogens is 1. The number of aliphatic carboxylic acids is 1. The lowest BCUT2D eigenvalue weighted by Crippen LogP contribution is -2.46. The van der Waals surface area contributed by atoms with Gasteiger partial charge in [0.1, 0.15) is 6.04 Å². The van der Waals surface area contributed by atoms with Crippen LogP contribution >= 0.6 is 0 Å². The van der Waals surface area contributed by atoms with Crippen LogP contribution in [0.4, 0.5) is 0 Å². The van der Waals surface area contributed by atoms with E-state index >= 15 is 0 Å². The molecule has 1 fully saturated rings. The molecule has 0 unspecified atom stereocenters. The molecule has 1 aromatic heterocycles. The van der Waals surface area contributed by atoms with E-state index in [1.807, 2.05) is 0 Å². The van der Waals surface area contributed by atoms with Crippen molar-refractivity contribution in [2.75, 3.05) is 6.54 Å². The molecule has 1 aliphatic carbocycles. The third-order valence-corrected chi connectivity index (χ3v) is 5.62. The minimum Gasteiger partial charge on any atom is -0.550 e. The number of benzene rings is 1. The van der Waals surface area contributed by atoms with Gasteiger partial charge in [-0.15, -0.1) is 0 Å². The number of hydrogen-bond acceptors (Lipinski definition) is 6. The molecule has 0 spiro atoms. The van der Waals surface area contributed by atoms with E-state index in [2.05, 4.69) is 20.8 Å². The summed E-state index contributed by atoms with van der Waals surface area (Å²) in [5, 5.41) is 23.8. The van der Waals surface area contributed by atoms with Gasteiger partial charge >= 0.3 is 0 Å². The van der Waals surface area contributed by atoms with Crippen LogP contribution in [0.25, 0.3) is 10.8 Å². The maximum atomic E-state index is 12.4. The van der Waals surface area contributed by atoms with E-state index in [0.717, 1.165) is 12.8 Å². The number of aromatic amines is 1. The van der Waals surface area contributed by atoms with Crippen molar-refractivity contribution >= 4 is 28.6 Å². The number of fused-ring (bicyclic) bond motifs is 1. The van der Waals surface area contributed by atoms with Crippen LogP contribution in [-0.4, -0.2) is 40.6 Å². The molecule has 160 valence electrons. The number of rotatable bonds is 7. The number of carbonyl (C=O) groups is 3. The Morgan fingerprint density at radius 1 is 1.17 bits per heavy atom. The quantitative estimate of drug-likeness (QED) is 0.566. The fourth-order valence-electron chi connectivity index (χ4n) is 3.82. The lowest BCUT2D eigenvalue weighted by molar-refractivity contribution is -0.312. The molecular formula is C21H25N4O5-. The fraction of sp³-hybridized carbons (Fsp3) is 0.476. The van der Waals surface area contributed by atoms with E-state index in [1.54, 1.807) is 31.2 Å². The van der Waals surface area contributed by atoms with Gasteiger partial charge in [0.25, 0.3) is 5.56 Å². The van der Waals surface area contributed by atoms with Crippen LogP contribution in [0.1, 0.15) is 38.3 Å². The second-order valence-electron chi connectivity index (χ2n) is 7.79. The van der Waals surface area contributed by atoms with Crippen molar-refractivity contribution in [3.8, 4) is 0 Å². The van der Waals surface area contributed by atoms with Gasteiger partial charge in [0.2, 0.25) is 11.8 Å². The van der Waals surface area contributed by atoms with Crippen LogP contribution in [0, 0.1) is 11.8 Å². The van der Waals surface area contributed by atoms with Gasteiger partial charge in [-0.2, -0.15) is 5.10 Å². The minimum absolute atomic E-state index is 0.0673. The molecular weight excluding hydrogens is 388 g/mol. The first-order chi connectivity index (χ1) is 14.3. The monoisotopic (exact) mass is 413 g/mol. The molecule has 3 N–H and O–H groups in total. The van der Waals surface area contributed by atoms with Gasteiger partial charge in [-0.1, -0.05) is 18.2 Å². The molecule has 1 heterocycles. The van der Waals surface area contributed by atoms with Crippen molar-refractivity contribution in [1.29, 1.82) is 0 Å². The fourth-order valence-corrected chi connectivity index (χ4v) is 3.82. The third kappa shape index (κ3) is 5.22. The van der Waals surface area contributed by atoms with Crippen LogP contribution in [0.3, 0.4) is 0 Å². The molecule has 2 aromatic rings. The Hall–Kier alpha value is -3.23. The van der Waals surface area contributed by atoms with E-state index in [9.17, 15) is 24.3 Å². The molecule has 0 radical (unpaired) electrons. The number of carboxylic acid groups (broad SMARTS) is 1. The van der Waals surface area contributed by atoms with Gasteiger partial charge in [-0.3, -0.25) is 14.4 Å². The SMILES string of the molecule is C[C@H](NC(=O)Cc1n[nH]c(=O)c2ccccc12)C(=O)NCC1CCC(C(=O)[O-])CC1. The summed E-state index contributed by atoms with van der Waals surface area (Å²) in [4.78, 5) is 47.4. The molecule has 2 amide bonds. The summed E-state index contributed by atoms with van der Waals surface area (Å²) in [5.74, 6) is -1.85. The molecule has 1 atom stereocenters. The lowest BCUT2D eigenvalue weighted by atomic mass is 9.82. The maximum absolute atomic E-state index is 12.4. The topological polar surface area (TPSA) is 144 Å². The van der Waals surface area contributed by atoms with Crippen LogP contribution < -0.4 is 21.3 Å². The van der Waals surface area contributed by atoms with Crippen LogP contribution in [0.5, 0.6) is 0 Å². The van der Waals surface area contributed by atoms with E-state index in [-0.39, 0.29) is 29.7 Å². The van der Waals surface area contributed by atoms with Crippen LogP contribution in [0.15, 0.2) is 29.1 Å². The maximum Gasteiger partial charge on any atom is 0.272 e. The third-order valence-electron chi connectivity index (χ3n) is 5.62. The number of nitrogens with zero attached hydrogens (tertiary/aromatic N) is 1. The molecule has 0 aliphatic heterocycles. The zero-order valence-corrected chi connectivity index (χ0v) is 16.8. The second kappa shape index (κ2) is 9.51. The number of carbonyl (C=O) groups excluding carboxylic acids is 3. The molecule has 1 aliphatic rings. The van der Waals surface area contributed by atoms with Gasteiger partial charge in [0.05, 0.1) is 17.5 Å². The molecule has 1 aromatic carbocycles. The summed E-state index contributed by atoms with van der Waals surface area (Å²) < 4.78 is 0. The van der Waals surface area contributed by atoms with Gasteiger partial charge < -0.3 is 20.5 Å². The summed E-state index contributed by atoms with van der Waals surface area (Å²) in [7, 11) is 0. The minimum atomic E-state index is -1.00. The zero-order valence-electron chi connectivity index (χ0n) is 16.8. The molecule has 9 nitrogen and oxygen atoms in total. The Morgan fingerprint density at radius 2 is 1.83 bits per heavy atom. The predicted molar refractivity (Wildman–Crippen MR) is 107 cm³/mol. The second-order valence-corrected chi connectivity index (χ2v) is 7.79. The number of carboxylic acids is 1. The van der Waals surface area contributed by atoms with Crippen molar-refractivity contribution in [3.63, 3.8) is 0 Å². The predicted octanol–water partition coefficient (Wildman–Crippen LogP) is -0.357. The average Bonchev–Trinajstić information content (AvgIpc) is 2.74. The van der Waals surface area contributed by atoms with Crippen molar-refractivity contribution in [2.45, 2.75) is 45.1 Å². The Morgan fingerprint density at radius 3 is 2.50 bits per heavy atom. The van der Waals surface area contributed by atoms with Crippen LogP contribution in [-0.2, 0) is 20.8 Å². The standard InChI is InChI=1S/C21H26N4O5/c1-12(19(27)22-11-13-6-8-14(9-7-13)21(29)30)23-18(26)10-17-15-4-2-3-5-16(15)20(28)25-24-17/h2-5,12-14H,6-11H2,1H3,(H,22,27)(H,23,26)(H,25,28)(H,29,30)/p-1/t12-,13?,14?/m0/s1. The van der Waals surface area contributed by atoms with E-state index in [4.69, 9.17) is 0 Å². The van der Waals surface area contributed by atoms with E-state index in [0.29, 0.717) is 35.9 Å². The number of amides is 2. The first-order valence-electron chi connectivity index (χ1n) is 10.1. The van der Waals surface area contributed by atoms with Gasteiger partial charge in [-0.25, -0.2) is 5.10 Å². The largest absolute Gasteiger partial charge is 0.550 e. The molecule has 0 bridgehead atoms. The molecule has 0 saturated heterocycles. The zero-order chi connectivity index (χ0) is 21.7. The Balaban J connectivity index is 1.49. The van der Waals surface area contributed by atoms with Crippen molar-refractivity contribution in [3.05, 3.63) is 40.3 Å². The molecule has 1 saturated carbocycles. The highest BCUT2D eigenvalue weighted by atomic mass is 16.4. The van der Waals surface area contributed by atoms with Gasteiger partial charge in [0.15, 0.2) is 0 Å². The molecule has 9 heteroatoms. The summed E-state index contributed by atoms with van der Waals surface area (Å²) in [6.45, 7) is 2.05. The highest BCUT2D eigenvalue weighted by Crippen LogP contribution is 2.27. The highest BCUT2D eigenvalue weighted by Gasteiger charge is 2.23. The van der Waals surface area contributed by atoms with Gasteiger partial charge in [-0.05, 0) is 50.5 Å². The van der Waals surface area contributed by atoms with Crippen molar-refractivity contribution in [2.24, 2.45) is 11.8 Å². The summed E-state index contributed by atoms with van der Waals surface area (Å²) in [6.07, 6.45) is 2.52. The first kappa shape index (κ1) is 21.5. The molecule has 3 rings (SSSR count). The lowest BCUT2D eigenvalue weighted by Gasteiger charge is -2.29.